The van der Waals surface area contributed by atoms with E-state index in [0.29, 0.717) is 12.0 Å². The first kappa shape index (κ1) is 17.7. The molecule has 1 aromatic rings. The molecule has 1 N–H and O–H groups in total. The third kappa shape index (κ3) is 6.29. The van der Waals surface area contributed by atoms with Crippen LogP contribution in [0.3, 0.4) is 0 Å². The summed E-state index contributed by atoms with van der Waals surface area (Å²) < 4.78 is 34.1. The minimum Gasteiger partial charge on any atom is -0.493 e. The standard InChI is InChI=1S/C16H24F2O3/c1-3-4-5-6-7-8-13(19)12-9-10-14(20-2)15(11-12)21-16(17)18/h9-11,13,16,19H,3-8H2,1-2H3. The van der Waals surface area contributed by atoms with E-state index in [2.05, 4.69) is 11.7 Å². The van der Waals surface area contributed by atoms with Crippen molar-refractivity contribution in [2.45, 2.75) is 58.2 Å². The Bertz CT molecular complexity index is 411. The van der Waals surface area contributed by atoms with Gasteiger partial charge in [-0.3, -0.25) is 0 Å². The molecule has 0 aliphatic heterocycles. The highest BCUT2D eigenvalue weighted by molar-refractivity contribution is 5.43. The molecule has 0 saturated carbocycles. The van der Waals surface area contributed by atoms with Crippen LogP contribution in [-0.2, 0) is 0 Å². The van der Waals surface area contributed by atoms with E-state index >= 15 is 0 Å². The number of hydrogen-bond acceptors (Lipinski definition) is 3. The van der Waals surface area contributed by atoms with E-state index in [9.17, 15) is 13.9 Å². The monoisotopic (exact) mass is 302 g/mol. The zero-order valence-corrected chi connectivity index (χ0v) is 12.6. The molecule has 1 atom stereocenters. The van der Waals surface area contributed by atoms with Gasteiger partial charge in [-0.05, 0) is 24.1 Å². The van der Waals surface area contributed by atoms with E-state index in [-0.39, 0.29) is 11.5 Å². The number of aliphatic hydroxyl groups is 1. The normalized spacial score (nSPS) is 12.5. The van der Waals surface area contributed by atoms with Gasteiger partial charge in [0.05, 0.1) is 13.2 Å². The summed E-state index contributed by atoms with van der Waals surface area (Å²) in [5.74, 6) is 0.184. The molecule has 1 unspecified atom stereocenters. The summed E-state index contributed by atoms with van der Waals surface area (Å²) in [6.45, 7) is -0.767. The molecule has 0 radical (unpaired) electrons. The fraction of sp³-hybridized carbons (Fsp3) is 0.625. The van der Waals surface area contributed by atoms with Gasteiger partial charge >= 0.3 is 6.61 Å². The molecule has 120 valence electrons. The molecule has 0 aliphatic carbocycles. The van der Waals surface area contributed by atoms with Gasteiger partial charge in [-0.25, -0.2) is 0 Å². The van der Waals surface area contributed by atoms with E-state index in [4.69, 9.17) is 4.74 Å². The Morgan fingerprint density at radius 2 is 1.81 bits per heavy atom. The Morgan fingerprint density at radius 3 is 2.43 bits per heavy atom. The molecular formula is C16H24F2O3. The smallest absolute Gasteiger partial charge is 0.387 e. The highest BCUT2D eigenvalue weighted by Crippen LogP contribution is 2.32. The second kappa shape index (κ2) is 9.55. The summed E-state index contributed by atoms with van der Waals surface area (Å²) in [5.41, 5.74) is 0.571. The van der Waals surface area contributed by atoms with E-state index in [0.717, 1.165) is 19.3 Å². The fourth-order valence-corrected chi connectivity index (χ4v) is 2.20. The second-order valence-electron chi connectivity index (χ2n) is 5.01. The van der Waals surface area contributed by atoms with Crippen LogP contribution in [0.2, 0.25) is 0 Å². The summed E-state index contributed by atoms with van der Waals surface area (Å²) in [7, 11) is 1.39. The largest absolute Gasteiger partial charge is 0.493 e. The maximum Gasteiger partial charge on any atom is 0.387 e. The van der Waals surface area contributed by atoms with Crippen molar-refractivity contribution in [3.8, 4) is 11.5 Å². The number of unbranched alkanes of at least 4 members (excludes halogenated alkanes) is 4. The Kier molecular flexibility index (Phi) is 8.05. The topological polar surface area (TPSA) is 38.7 Å². The minimum atomic E-state index is -2.92. The van der Waals surface area contributed by atoms with Crippen LogP contribution in [-0.4, -0.2) is 18.8 Å². The maximum absolute atomic E-state index is 12.4. The van der Waals surface area contributed by atoms with Crippen molar-refractivity contribution < 1.29 is 23.4 Å². The molecule has 0 fully saturated rings. The van der Waals surface area contributed by atoms with Gasteiger partial charge < -0.3 is 14.6 Å². The number of methoxy groups -OCH3 is 1. The van der Waals surface area contributed by atoms with Crippen molar-refractivity contribution in [3.63, 3.8) is 0 Å². The predicted octanol–water partition coefficient (Wildman–Crippen LogP) is 4.69. The molecule has 21 heavy (non-hydrogen) atoms. The number of halogens is 2. The predicted molar refractivity (Wildman–Crippen MR) is 78.0 cm³/mol. The Hall–Kier alpha value is -1.36. The fourth-order valence-electron chi connectivity index (χ4n) is 2.20. The number of rotatable bonds is 10. The molecule has 0 aromatic heterocycles. The van der Waals surface area contributed by atoms with Crippen molar-refractivity contribution >= 4 is 0 Å². The summed E-state index contributed by atoms with van der Waals surface area (Å²) >= 11 is 0. The van der Waals surface area contributed by atoms with Gasteiger partial charge in [-0.15, -0.1) is 0 Å². The maximum atomic E-state index is 12.4. The first-order valence-electron chi connectivity index (χ1n) is 7.39. The van der Waals surface area contributed by atoms with Crippen molar-refractivity contribution in [2.24, 2.45) is 0 Å². The Morgan fingerprint density at radius 1 is 1.10 bits per heavy atom. The van der Waals surface area contributed by atoms with Gasteiger partial charge in [-0.1, -0.05) is 45.1 Å². The minimum absolute atomic E-state index is 0.0463. The summed E-state index contributed by atoms with van der Waals surface area (Å²) in [5, 5.41) is 10.1. The Labute approximate surface area is 124 Å². The number of hydrogen-bond donors (Lipinski definition) is 1. The van der Waals surface area contributed by atoms with Crippen molar-refractivity contribution in [1.29, 1.82) is 0 Å². The zero-order chi connectivity index (χ0) is 15.7. The lowest BCUT2D eigenvalue weighted by molar-refractivity contribution is -0.0513. The van der Waals surface area contributed by atoms with Crippen LogP contribution >= 0.6 is 0 Å². The zero-order valence-electron chi connectivity index (χ0n) is 12.6. The van der Waals surface area contributed by atoms with Crippen LogP contribution in [0.15, 0.2) is 18.2 Å². The number of alkyl halides is 2. The van der Waals surface area contributed by atoms with Crippen molar-refractivity contribution in [2.75, 3.05) is 7.11 Å². The molecule has 1 aromatic carbocycles. The van der Waals surface area contributed by atoms with E-state index in [1.54, 1.807) is 6.07 Å². The van der Waals surface area contributed by atoms with Gasteiger partial charge in [0.15, 0.2) is 11.5 Å². The summed E-state index contributed by atoms with van der Waals surface area (Å²) in [6, 6.07) is 4.63. The molecule has 3 nitrogen and oxygen atoms in total. The number of aliphatic hydroxyl groups excluding tert-OH is 1. The molecule has 0 saturated heterocycles. The molecule has 0 spiro atoms. The van der Waals surface area contributed by atoms with Gasteiger partial charge in [0.25, 0.3) is 0 Å². The lowest BCUT2D eigenvalue weighted by Gasteiger charge is -2.15. The first-order valence-corrected chi connectivity index (χ1v) is 7.39. The number of ether oxygens (including phenoxy) is 2. The van der Waals surface area contributed by atoms with Crippen LogP contribution in [0, 0.1) is 0 Å². The SMILES string of the molecule is CCCCCCCC(O)c1ccc(OC)c(OC(F)F)c1. The molecule has 5 heteroatoms. The van der Waals surface area contributed by atoms with Gasteiger partial charge in [-0.2, -0.15) is 8.78 Å². The van der Waals surface area contributed by atoms with Crippen LogP contribution in [0.5, 0.6) is 11.5 Å². The molecule has 0 amide bonds. The third-order valence-corrected chi connectivity index (χ3v) is 3.37. The lowest BCUT2D eigenvalue weighted by atomic mass is 10.0. The highest BCUT2D eigenvalue weighted by Gasteiger charge is 2.14. The summed E-state index contributed by atoms with van der Waals surface area (Å²) in [4.78, 5) is 0. The van der Waals surface area contributed by atoms with Gasteiger partial charge in [0, 0.05) is 0 Å². The molecule has 0 aliphatic rings. The average molecular weight is 302 g/mol. The van der Waals surface area contributed by atoms with Crippen LogP contribution < -0.4 is 9.47 Å². The van der Waals surface area contributed by atoms with Gasteiger partial charge in [0.2, 0.25) is 0 Å². The van der Waals surface area contributed by atoms with Crippen molar-refractivity contribution in [1.82, 2.24) is 0 Å². The Balaban J connectivity index is 2.60. The average Bonchev–Trinajstić information content (AvgIpc) is 2.46. The molecule has 1 rings (SSSR count). The molecular weight excluding hydrogens is 278 g/mol. The summed E-state index contributed by atoms with van der Waals surface area (Å²) in [6.07, 6.45) is 5.47. The van der Waals surface area contributed by atoms with Crippen LogP contribution in [0.25, 0.3) is 0 Å². The highest BCUT2D eigenvalue weighted by atomic mass is 19.3. The van der Waals surface area contributed by atoms with E-state index < -0.39 is 12.7 Å². The van der Waals surface area contributed by atoms with E-state index in [1.807, 2.05) is 0 Å². The second-order valence-corrected chi connectivity index (χ2v) is 5.01. The first-order chi connectivity index (χ1) is 10.1. The van der Waals surface area contributed by atoms with Gasteiger partial charge in [0.1, 0.15) is 0 Å². The molecule has 0 bridgehead atoms. The lowest BCUT2D eigenvalue weighted by Crippen LogP contribution is -2.05. The van der Waals surface area contributed by atoms with Crippen LogP contribution in [0.4, 0.5) is 8.78 Å². The quantitative estimate of drug-likeness (QED) is 0.637. The van der Waals surface area contributed by atoms with Crippen LogP contribution in [0.1, 0.15) is 57.1 Å². The third-order valence-electron chi connectivity index (χ3n) is 3.37. The molecule has 0 heterocycles. The number of benzene rings is 1. The van der Waals surface area contributed by atoms with E-state index in [1.165, 1.54) is 32.1 Å². The van der Waals surface area contributed by atoms with Crippen molar-refractivity contribution in [3.05, 3.63) is 23.8 Å².